The third-order valence-corrected chi connectivity index (χ3v) is 3.35. The Morgan fingerprint density at radius 1 is 1.28 bits per heavy atom. The van der Waals surface area contributed by atoms with E-state index in [1.54, 1.807) is 0 Å². The van der Waals surface area contributed by atoms with Crippen molar-refractivity contribution in [3.05, 3.63) is 41.2 Å². The molecule has 96 valence electrons. The summed E-state index contributed by atoms with van der Waals surface area (Å²) < 4.78 is 2.19. The zero-order valence-corrected chi connectivity index (χ0v) is 11.6. The van der Waals surface area contributed by atoms with Gasteiger partial charge in [-0.25, -0.2) is 4.98 Å². The van der Waals surface area contributed by atoms with Crippen LogP contribution in [0.4, 0.5) is 0 Å². The molecule has 0 aliphatic heterocycles. The van der Waals surface area contributed by atoms with Gasteiger partial charge >= 0.3 is 0 Å². The smallest absolute Gasteiger partial charge is 0.140 e. The van der Waals surface area contributed by atoms with Crippen LogP contribution in [-0.4, -0.2) is 23.1 Å². The van der Waals surface area contributed by atoms with Crippen LogP contribution < -0.4 is 5.32 Å². The predicted molar refractivity (Wildman–Crippen MR) is 75.7 cm³/mol. The first kappa shape index (κ1) is 12.8. The van der Waals surface area contributed by atoms with E-state index in [1.165, 1.54) is 22.4 Å². The van der Waals surface area contributed by atoms with Crippen LogP contribution in [0.2, 0.25) is 0 Å². The lowest BCUT2D eigenvalue weighted by atomic mass is 10.1. The first-order valence-electron chi connectivity index (χ1n) is 6.36. The van der Waals surface area contributed by atoms with E-state index >= 15 is 0 Å². The van der Waals surface area contributed by atoms with Gasteiger partial charge in [0.15, 0.2) is 0 Å². The molecule has 1 aromatic heterocycles. The van der Waals surface area contributed by atoms with Gasteiger partial charge in [-0.15, -0.1) is 0 Å². The zero-order chi connectivity index (χ0) is 13.1. The summed E-state index contributed by atoms with van der Waals surface area (Å²) in [5, 5.41) is 3.17. The fourth-order valence-electron chi connectivity index (χ4n) is 2.16. The molecule has 0 radical (unpaired) electrons. The summed E-state index contributed by atoms with van der Waals surface area (Å²) in [5.41, 5.74) is 5.04. The van der Waals surface area contributed by atoms with Gasteiger partial charge in [0.2, 0.25) is 0 Å². The van der Waals surface area contributed by atoms with Gasteiger partial charge in [0.25, 0.3) is 0 Å². The Hall–Kier alpha value is -1.61. The molecule has 0 aliphatic rings. The Morgan fingerprint density at radius 2 is 2.06 bits per heavy atom. The molecule has 1 N–H and O–H groups in total. The van der Waals surface area contributed by atoms with E-state index in [-0.39, 0.29) is 0 Å². The highest BCUT2D eigenvalue weighted by Gasteiger charge is 2.10. The minimum Gasteiger partial charge on any atom is -0.331 e. The number of likely N-dealkylation sites (N-methyl/N-ethyl adjacent to an activating group) is 1. The number of nitrogens with zero attached hydrogens (tertiary/aromatic N) is 2. The van der Waals surface area contributed by atoms with Crippen molar-refractivity contribution in [3.63, 3.8) is 0 Å². The molecule has 0 bridgehead atoms. The molecule has 0 amide bonds. The molecule has 3 heteroatoms. The highest BCUT2D eigenvalue weighted by Crippen LogP contribution is 2.23. The van der Waals surface area contributed by atoms with E-state index in [2.05, 4.69) is 54.0 Å². The van der Waals surface area contributed by atoms with Gasteiger partial charge in [0, 0.05) is 37.5 Å². The summed E-state index contributed by atoms with van der Waals surface area (Å²) >= 11 is 0. The quantitative estimate of drug-likeness (QED) is 0.894. The number of benzene rings is 1. The summed E-state index contributed by atoms with van der Waals surface area (Å²) in [6, 6.07) is 6.51. The van der Waals surface area contributed by atoms with Gasteiger partial charge in [0.05, 0.1) is 0 Å². The second-order valence-corrected chi connectivity index (χ2v) is 4.80. The standard InChI is InChI=1S/C15H21N3/c1-11-5-6-12(2)14(9-11)15-17-10-13(18(15)4)7-8-16-3/h5-6,9-10,16H,7-8H2,1-4H3. The highest BCUT2D eigenvalue weighted by atomic mass is 15.1. The minimum absolute atomic E-state index is 0.978. The molecule has 2 rings (SSSR count). The van der Waals surface area contributed by atoms with Gasteiger partial charge in [-0.05, 0) is 32.5 Å². The highest BCUT2D eigenvalue weighted by molar-refractivity contribution is 5.62. The van der Waals surface area contributed by atoms with Crippen molar-refractivity contribution < 1.29 is 0 Å². The minimum atomic E-state index is 0.978. The molecule has 0 saturated heterocycles. The Balaban J connectivity index is 2.39. The van der Waals surface area contributed by atoms with Crippen molar-refractivity contribution in [1.29, 1.82) is 0 Å². The monoisotopic (exact) mass is 243 g/mol. The van der Waals surface area contributed by atoms with Crippen LogP contribution in [0.25, 0.3) is 11.4 Å². The SMILES string of the molecule is CNCCc1cnc(-c2cc(C)ccc2C)n1C. The van der Waals surface area contributed by atoms with Crippen molar-refractivity contribution in [2.75, 3.05) is 13.6 Å². The van der Waals surface area contributed by atoms with Crippen molar-refractivity contribution in [2.24, 2.45) is 7.05 Å². The van der Waals surface area contributed by atoms with E-state index in [4.69, 9.17) is 0 Å². The van der Waals surface area contributed by atoms with Crippen molar-refractivity contribution in [1.82, 2.24) is 14.9 Å². The summed E-state index contributed by atoms with van der Waals surface area (Å²) in [6.07, 6.45) is 2.99. The maximum Gasteiger partial charge on any atom is 0.140 e. The van der Waals surface area contributed by atoms with E-state index in [9.17, 15) is 0 Å². The molecule has 0 spiro atoms. The van der Waals surface area contributed by atoms with Crippen LogP contribution in [0, 0.1) is 13.8 Å². The van der Waals surface area contributed by atoms with Crippen LogP contribution in [0.1, 0.15) is 16.8 Å². The summed E-state index contributed by atoms with van der Waals surface area (Å²) in [6.45, 7) is 5.23. The topological polar surface area (TPSA) is 29.9 Å². The van der Waals surface area contributed by atoms with E-state index in [0.717, 1.165) is 18.8 Å². The zero-order valence-electron chi connectivity index (χ0n) is 11.6. The Bertz CT molecular complexity index is 541. The summed E-state index contributed by atoms with van der Waals surface area (Å²) in [7, 11) is 4.07. The second kappa shape index (κ2) is 5.36. The largest absolute Gasteiger partial charge is 0.331 e. The molecule has 0 saturated carbocycles. The van der Waals surface area contributed by atoms with Gasteiger partial charge < -0.3 is 9.88 Å². The molecule has 0 atom stereocenters. The normalized spacial score (nSPS) is 10.9. The van der Waals surface area contributed by atoms with Crippen molar-refractivity contribution >= 4 is 0 Å². The summed E-state index contributed by atoms with van der Waals surface area (Å²) in [4.78, 5) is 4.58. The fraction of sp³-hybridized carbons (Fsp3) is 0.400. The lowest BCUT2D eigenvalue weighted by Crippen LogP contribution is -2.12. The second-order valence-electron chi connectivity index (χ2n) is 4.80. The first-order valence-corrected chi connectivity index (χ1v) is 6.36. The van der Waals surface area contributed by atoms with Gasteiger partial charge in [0.1, 0.15) is 5.82 Å². The molecule has 0 aliphatic carbocycles. The fourth-order valence-corrected chi connectivity index (χ4v) is 2.16. The van der Waals surface area contributed by atoms with Crippen LogP contribution in [0.15, 0.2) is 24.4 Å². The Kier molecular flexibility index (Phi) is 3.82. The van der Waals surface area contributed by atoms with Crippen LogP contribution in [0.3, 0.4) is 0 Å². The number of hydrogen-bond acceptors (Lipinski definition) is 2. The molecule has 2 aromatic rings. The van der Waals surface area contributed by atoms with Crippen molar-refractivity contribution in [2.45, 2.75) is 20.3 Å². The average molecular weight is 243 g/mol. The number of aryl methyl sites for hydroxylation is 2. The Morgan fingerprint density at radius 3 is 2.78 bits per heavy atom. The predicted octanol–water partition coefficient (Wildman–Crippen LogP) is 2.47. The van der Waals surface area contributed by atoms with Crippen molar-refractivity contribution in [3.8, 4) is 11.4 Å². The van der Waals surface area contributed by atoms with E-state index in [1.807, 2.05) is 13.2 Å². The molecular weight excluding hydrogens is 222 g/mol. The molecule has 1 heterocycles. The number of aromatic nitrogens is 2. The third-order valence-electron chi connectivity index (χ3n) is 3.35. The molecule has 0 unspecified atom stereocenters. The Labute approximate surface area is 109 Å². The molecule has 18 heavy (non-hydrogen) atoms. The maximum absolute atomic E-state index is 4.58. The first-order chi connectivity index (χ1) is 8.63. The number of imidazole rings is 1. The maximum atomic E-state index is 4.58. The third kappa shape index (κ3) is 2.46. The summed E-state index contributed by atoms with van der Waals surface area (Å²) in [5.74, 6) is 1.06. The number of nitrogens with one attached hydrogen (secondary N) is 1. The van der Waals surface area contributed by atoms with Crippen LogP contribution >= 0.6 is 0 Å². The van der Waals surface area contributed by atoms with E-state index in [0.29, 0.717) is 0 Å². The van der Waals surface area contributed by atoms with Crippen LogP contribution in [0.5, 0.6) is 0 Å². The average Bonchev–Trinajstić information content (AvgIpc) is 2.71. The van der Waals surface area contributed by atoms with Gasteiger partial charge in [-0.3, -0.25) is 0 Å². The molecule has 3 nitrogen and oxygen atoms in total. The lowest BCUT2D eigenvalue weighted by Gasteiger charge is -2.09. The molecule has 1 aromatic carbocycles. The number of rotatable bonds is 4. The molecular formula is C15H21N3. The van der Waals surface area contributed by atoms with Crippen LogP contribution in [-0.2, 0) is 13.5 Å². The molecule has 0 fully saturated rings. The van der Waals surface area contributed by atoms with Gasteiger partial charge in [-0.2, -0.15) is 0 Å². The number of hydrogen-bond donors (Lipinski definition) is 1. The lowest BCUT2D eigenvalue weighted by molar-refractivity contribution is 0.740. The van der Waals surface area contributed by atoms with E-state index < -0.39 is 0 Å². The van der Waals surface area contributed by atoms with Gasteiger partial charge in [-0.1, -0.05) is 17.7 Å².